The largest absolute Gasteiger partial charge is 0.321 e. The number of nitrogens with one attached hydrogen (secondary N) is 1. The number of aromatic nitrogens is 3. The summed E-state index contributed by atoms with van der Waals surface area (Å²) >= 11 is 1.65. The number of anilines is 1. The molecule has 3 aromatic rings. The van der Waals surface area contributed by atoms with Gasteiger partial charge in [-0.2, -0.15) is 5.10 Å². The summed E-state index contributed by atoms with van der Waals surface area (Å²) in [7, 11) is 0. The summed E-state index contributed by atoms with van der Waals surface area (Å²) in [5.41, 5.74) is 3.05. The van der Waals surface area contributed by atoms with E-state index in [0.717, 1.165) is 26.6 Å². The molecule has 5 nitrogen and oxygen atoms in total. The number of carbonyl (C=O) groups is 1. The molecule has 0 aliphatic carbocycles. The zero-order chi connectivity index (χ0) is 15.9. The highest BCUT2D eigenvalue weighted by atomic mass is 32.1. The summed E-state index contributed by atoms with van der Waals surface area (Å²) in [6.07, 6.45) is 0. The van der Waals surface area contributed by atoms with Crippen LogP contribution in [0.15, 0.2) is 24.3 Å². The standard InChI is InChI=1S/C16H18N4OS/c1-9(2)20-10(3)7-14(19-20)16(21)18-12-5-6-15-13(8-12)17-11(4)22-15/h5-9H,1-4H3,(H,18,21). The maximum atomic E-state index is 12.3. The van der Waals surface area contributed by atoms with Gasteiger partial charge in [0.2, 0.25) is 0 Å². The lowest BCUT2D eigenvalue weighted by Gasteiger charge is -2.07. The summed E-state index contributed by atoms with van der Waals surface area (Å²) in [6, 6.07) is 7.80. The predicted octanol–water partition coefficient (Wildman–Crippen LogP) is 3.94. The van der Waals surface area contributed by atoms with Crippen molar-refractivity contribution in [3.05, 3.63) is 40.7 Å². The predicted molar refractivity (Wildman–Crippen MR) is 89.7 cm³/mol. The van der Waals surface area contributed by atoms with Crippen molar-refractivity contribution in [2.24, 2.45) is 0 Å². The molecule has 0 bridgehead atoms. The lowest BCUT2D eigenvalue weighted by molar-refractivity contribution is 0.102. The van der Waals surface area contributed by atoms with Gasteiger partial charge in [0.05, 0.1) is 15.2 Å². The van der Waals surface area contributed by atoms with Crippen LogP contribution in [0.4, 0.5) is 5.69 Å². The quantitative estimate of drug-likeness (QED) is 0.796. The Labute approximate surface area is 133 Å². The van der Waals surface area contributed by atoms with E-state index >= 15 is 0 Å². The second-order valence-corrected chi connectivity index (χ2v) is 6.81. The molecule has 114 valence electrons. The van der Waals surface area contributed by atoms with E-state index in [4.69, 9.17) is 0 Å². The molecular weight excluding hydrogens is 296 g/mol. The Kier molecular flexibility index (Phi) is 3.70. The molecule has 0 aliphatic heterocycles. The van der Waals surface area contributed by atoms with Crippen molar-refractivity contribution in [1.29, 1.82) is 0 Å². The minimum Gasteiger partial charge on any atom is -0.321 e. The summed E-state index contributed by atoms with van der Waals surface area (Å²) in [5.74, 6) is -0.200. The van der Waals surface area contributed by atoms with Gasteiger partial charge in [0.15, 0.2) is 5.69 Å². The third kappa shape index (κ3) is 2.74. The maximum Gasteiger partial charge on any atom is 0.276 e. The van der Waals surface area contributed by atoms with E-state index < -0.39 is 0 Å². The fourth-order valence-corrected chi connectivity index (χ4v) is 3.24. The first-order chi connectivity index (χ1) is 10.4. The maximum absolute atomic E-state index is 12.3. The van der Waals surface area contributed by atoms with Crippen LogP contribution in [0, 0.1) is 13.8 Å². The zero-order valence-corrected chi connectivity index (χ0v) is 13.9. The highest BCUT2D eigenvalue weighted by Crippen LogP contribution is 2.24. The summed E-state index contributed by atoms with van der Waals surface area (Å²) in [6.45, 7) is 8.01. The smallest absolute Gasteiger partial charge is 0.276 e. The number of hydrogen-bond donors (Lipinski definition) is 1. The van der Waals surface area contributed by atoms with Crippen LogP contribution in [-0.2, 0) is 0 Å². The Balaban J connectivity index is 1.84. The average molecular weight is 314 g/mol. The number of amides is 1. The van der Waals surface area contributed by atoms with Crippen molar-refractivity contribution in [3.63, 3.8) is 0 Å². The lowest BCUT2D eigenvalue weighted by Crippen LogP contribution is -2.14. The molecule has 0 atom stereocenters. The summed E-state index contributed by atoms with van der Waals surface area (Å²) < 4.78 is 2.97. The molecule has 0 spiro atoms. The van der Waals surface area contributed by atoms with Gasteiger partial charge >= 0.3 is 0 Å². The second kappa shape index (κ2) is 5.53. The monoisotopic (exact) mass is 314 g/mol. The van der Waals surface area contributed by atoms with E-state index in [1.165, 1.54) is 0 Å². The van der Waals surface area contributed by atoms with E-state index in [0.29, 0.717) is 5.69 Å². The fourth-order valence-electron chi connectivity index (χ4n) is 2.44. The van der Waals surface area contributed by atoms with Crippen LogP contribution in [-0.4, -0.2) is 20.7 Å². The number of carbonyl (C=O) groups excluding carboxylic acids is 1. The van der Waals surface area contributed by atoms with Crippen molar-refractivity contribution in [1.82, 2.24) is 14.8 Å². The molecule has 0 fully saturated rings. The topological polar surface area (TPSA) is 59.8 Å². The van der Waals surface area contributed by atoms with Crippen LogP contribution >= 0.6 is 11.3 Å². The number of aryl methyl sites for hydroxylation is 2. The van der Waals surface area contributed by atoms with E-state index in [1.54, 1.807) is 17.4 Å². The molecule has 3 rings (SSSR count). The molecule has 0 unspecified atom stereocenters. The Morgan fingerprint density at radius 3 is 2.73 bits per heavy atom. The van der Waals surface area contributed by atoms with Crippen LogP contribution in [0.25, 0.3) is 10.2 Å². The Morgan fingerprint density at radius 1 is 1.27 bits per heavy atom. The van der Waals surface area contributed by atoms with E-state index in [1.807, 2.05) is 50.6 Å². The van der Waals surface area contributed by atoms with Gasteiger partial charge in [-0.25, -0.2) is 4.98 Å². The molecule has 0 saturated heterocycles. The highest BCUT2D eigenvalue weighted by Gasteiger charge is 2.14. The Hall–Kier alpha value is -2.21. The van der Waals surface area contributed by atoms with Gasteiger partial charge in [0, 0.05) is 17.4 Å². The van der Waals surface area contributed by atoms with Crippen molar-refractivity contribution in [3.8, 4) is 0 Å². The van der Waals surface area contributed by atoms with Gasteiger partial charge in [-0.15, -0.1) is 11.3 Å². The first-order valence-electron chi connectivity index (χ1n) is 7.19. The first-order valence-corrected chi connectivity index (χ1v) is 8.00. The van der Waals surface area contributed by atoms with Crippen molar-refractivity contribution in [2.75, 3.05) is 5.32 Å². The molecule has 0 saturated carbocycles. The molecule has 1 amide bonds. The zero-order valence-electron chi connectivity index (χ0n) is 13.0. The van der Waals surface area contributed by atoms with Crippen LogP contribution in [0.2, 0.25) is 0 Å². The average Bonchev–Trinajstić information content (AvgIpc) is 3.00. The first kappa shape index (κ1) is 14.7. The Morgan fingerprint density at radius 2 is 2.05 bits per heavy atom. The third-order valence-corrected chi connectivity index (χ3v) is 4.35. The number of rotatable bonds is 3. The molecule has 0 radical (unpaired) electrons. The van der Waals surface area contributed by atoms with Gasteiger partial charge in [-0.05, 0) is 52.0 Å². The molecular formula is C16H18N4OS. The number of nitrogens with zero attached hydrogens (tertiary/aromatic N) is 3. The molecule has 1 N–H and O–H groups in total. The molecule has 1 aromatic carbocycles. The summed E-state index contributed by atoms with van der Waals surface area (Å²) in [4.78, 5) is 16.8. The van der Waals surface area contributed by atoms with Crippen molar-refractivity contribution < 1.29 is 4.79 Å². The van der Waals surface area contributed by atoms with Crippen LogP contribution in [0.1, 0.15) is 41.1 Å². The molecule has 0 aliphatic rings. The number of fused-ring (bicyclic) bond motifs is 1. The third-order valence-electron chi connectivity index (χ3n) is 3.40. The van der Waals surface area contributed by atoms with Gasteiger partial charge in [0.1, 0.15) is 0 Å². The van der Waals surface area contributed by atoms with E-state index in [2.05, 4.69) is 15.4 Å². The Bertz CT molecular complexity index is 847. The minimum atomic E-state index is -0.200. The van der Waals surface area contributed by atoms with Crippen LogP contribution in [0.5, 0.6) is 0 Å². The van der Waals surface area contributed by atoms with Gasteiger partial charge < -0.3 is 5.32 Å². The number of benzene rings is 1. The van der Waals surface area contributed by atoms with Gasteiger partial charge in [-0.3, -0.25) is 9.48 Å². The van der Waals surface area contributed by atoms with E-state index in [-0.39, 0.29) is 11.9 Å². The normalized spacial score (nSPS) is 11.3. The van der Waals surface area contributed by atoms with Crippen LogP contribution in [0.3, 0.4) is 0 Å². The summed E-state index contributed by atoms with van der Waals surface area (Å²) in [5, 5.41) is 8.27. The molecule has 2 heterocycles. The van der Waals surface area contributed by atoms with Gasteiger partial charge in [0.25, 0.3) is 5.91 Å². The fraction of sp³-hybridized carbons (Fsp3) is 0.312. The number of thiazole rings is 1. The van der Waals surface area contributed by atoms with Gasteiger partial charge in [-0.1, -0.05) is 0 Å². The second-order valence-electron chi connectivity index (χ2n) is 5.58. The molecule has 6 heteroatoms. The van der Waals surface area contributed by atoms with Crippen molar-refractivity contribution in [2.45, 2.75) is 33.7 Å². The van der Waals surface area contributed by atoms with E-state index in [9.17, 15) is 4.79 Å². The lowest BCUT2D eigenvalue weighted by atomic mass is 10.2. The number of hydrogen-bond acceptors (Lipinski definition) is 4. The van der Waals surface area contributed by atoms with Crippen LogP contribution < -0.4 is 5.32 Å². The molecule has 22 heavy (non-hydrogen) atoms. The SMILES string of the molecule is Cc1nc2cc(NC(=O)c3cc(C)n(C(C)C)n3)ccc2s1. The molecule has 2 aromatic heterocycles. The van der Waals surface area contributed by atoms with Crippen molar-refractivity contribution >= 4 is 33.1 Å². The minimum absolute atomic E-state index is 0.200. The highest BCUT2D eigenvalue weighted by molar-refractivity contribution is 7.18.